The minimum Gasteiger partial charge on any atom is -0.484 e. The zero-order valence-electron chi connectivity index (χ0n) is 7.85. The highest BCUT2D eigenvalue weighted by Crippen LogP contribution is 2.36. The molecule has 1 N–H and O–H groups in total. The maximum atomic E-state index is 5.99. The van der Waals surface area contributed by atoms with Gasteiger partial charge in [-0.05, 0) is 36.6 Å². The fourth-order valence-corrected chi connectivity index (χ4v) is 2.34. The van der Waals surface area contributed by atoms with Gasteiger partial charge in [0.25, 0.3) is 0 Å². The summed E-state index contributed by atoms with van der Waals surface area (Å²) in [6, 6.07) is 5.89. The Morgan fingerprint density at radius 3 is 2.93 bits per heavy atom. The molecule has 0 saturated carbocycles. The Bertz CT molecular complexity index is 374. The third-order valence-corrected chi connectivity index (χ3v) is 3.33. The van der Waals surface area contributed by atoms with Crippen molar-refractivity contribution in [3.05, 3.63) is 28.8 Å². The summed E-state index contributed by atoms with van der Waals surface area (Å²) in [6.07, 6.45) is 2.19. The summed E-state index contributed by atoms with van der Waals surface area (Å²) in [4.78, 5) is 0. The second-order valence-electron chi connectivity index (χ2n) is 4.14. The number of ether oxygens (including phenoxy) is 1. The van der Waals surface area contributed by atoms with Crippen LogP contribution in [0.15, 0.2) is 18.2 Å². The Morgan fingerprint density at radius 1 is 1.36 bits per heavy atom. The maximum Gasteiger partial charge on any atom is 0.134 e. The number of aryl methyl sites for hydroxylation is 1. The topological polar surface area (TPSA) is 21.3 Å². The summed E-state index contributed by atoms with van der Waals surface area (Å²) in [7, 11) is 0. The van der Waals surface area contributed by atoms with Crippen LogP contribution in [-0.4, -0.2) is 18.7 Å². The van der Waals surface area contributed by atoms with Crippen LogP contribution in [0, 0.1) is 0 Å². The molecule has 1 fully saturated rings. The van der Waals surface area contributed by atoms with E-state index in [1.165, 1.54) is 5.56 Å². The monoisotopic (exact) mass is 209 g/mol. The van der Waals surface area contributed by atoms with Crippen molar-refractivity contribution in [2.75, 3.05) is 13.1 Å². The summed E-state index contributed by atoms with van der Waals surface area (Å²) in [5, 5.41) is 4.06. The molecule has 0 atom stereocenters. The van der Waals surface area contributed by atoms with Crippen LogP contribution in [0.1, 0.15) is 12.0 Å². The first kappa shape index (κ1) is 8.57. The number of fused-ring (bicyclic) bond motifs is 1. The van der Waals surface area contributed by atoms with Crippen molar-refractivity contribution < 1.29 is 4.74 Å². The van der Waals surface area contributed by atoms with Crippen molar-refractivity contribution in [2.45, 2.75) is 18.4 Å². The fraction of sp³-hybridized carbons (Fsp3) is 0.455. The quantitative estimate of drug-likeness (QED) is 0.706. The highest BCUT2D eigenvalue weighted by molar-refractivity contribution is 6.30. The van der Waals surface area contributed by atoms with Crippen molar-refractivity contribution in [3.8, 4) is 5.75 Å². The molecule has 2 heterocycles. The maximum absolute atomic E-state index is 5.99. The highest BCUT2D eigenvalue weighted by atomic mass is 35.5. The van der Waals surface area contributed by atoms with Gasteiger partial charge in [-0.1, -0.05) is 11.6 Å². The van der Waals surface area contributed by atoms with E-state index in [0.29, 0.717) is 0 Å². The Labute approximate surface area is 88.2 Å². The van der Waals surface area contributed by atoms with Gasteiger partial charge in [0.15, 0.2) is 0 Å². The molecule has 2 aliphatic heterocycles. The highest BCUT2D eigenvalue weighted by Gasteiger charge is 2.41. The van der Waals surface area contributed by atoms with E-state index in [2.05, 4.69) is 5.32 Å². The number of hydrogen-bond acceptors (Lipinski definition) is 2. The van der Waals surface area contributed by atoms with E-state index in [4.69, 9.17) is 16.3 Å². The zero-order chi connectivity index (χ0) is 9.60. The lowest BCUT2D eigenvalue weighted by Gasteiger charge is -2.45. The van der Waals surface area contributed by atoms with E-state index in [9.17, 15) is 0 Å². The minimum absolute atomic E-state index is 0.0842. The van der Waals surface area contributed by atoms with Gasteiger partial charge in [0.1, 0.15) is 11.4 Å². The molecule has 1 spiro atoms. The number of nitrogens with one attached hydrogen (secondary N) is 1. The molecule has 3 rings (SSSR count). The van der Waals surface area contributed by atoms with E-state index in [0.717, 1.165) is 36.7 Å². The SMILES string of the molecule is Clc1ccc2c(c1)CCC1(CNC1)O2. The van der Waals surface area contributed by atoms with Crippen molar-refractivity contribution in [1.82, 2.24) is 5.32 Å². The third kappa shape index (κ3) is 1.22. The van der Waals surface area contributed by atoms with Crippen LogP contribution in [0.3, 0.4) is 0 Å². The zero-order valence-corrected chi connectivity index (χ0v) is 8.60. The second-order valence-corrected chi connectivity index (χ2v) is 4.58. The molecule has 0 aromatic heterocycles. The smallest absolute Gasteiger partial charge is 0.134 e. The van der Waals surface area contributed by atoms with Crippen LogP contribution >= 0.6 is 11.6 Å². The average Bonchev–Trinajstić information content (AvgIpc) is 2.15. The van der Waals surface area contributed by atoms with Gasteiger partial charge in [-0.15, -0.1) is 0 Å². The predicted octanol–water partition coefficient (Wildman–Crippen LogP) is 2.01. The van der Waals surface area contributed by atoms with Crippen molar-refractivity contribution in [2.24, 2.45) is 0 Å². The van der Waals surface area contributed by atoms with E-state index in [1.807, 2.05) is 18.2 Å². The first-order valence-electron chi connectivity index (χ1n) is 4.96. The largest absolute Gasteiger partial charge is 0.484 e. The molecule has 14 heavy (non-hydrogen) atoms. The van der Waals surface area contributed by atoms with Gasteiger partial charge in [-0.3, -0.25) is 0 Å². The Hall–Kier alpha value is -0.730. The first-order valence-corrected chi connectivity index (χ1v) is 5.33. The van der Waals surface area contributed by atoms with Crippen LogP contribution < -0.4 is 10.1 Å². The molecule has 1 aromatic carbocycles. The van der Waals surface area contributed by atoms with Gasteiger partial charge < -0.3 is 10.1 Å². The molecular formula is C11H12ClNO. The summed E-state index contributed by atoms with van der Waals surface area (Å²) in [6.45, 7) is 1.96. The predicted molar refractivity (Wildman–Crippen MR) is 56.0 cm³/mol. The lowest BCUT2D eigenvalue weighted by Crippen LogP contribution is -2.64. The molecule has 2 nitrogen and oxygen atoms in total. The molecule has 2 aliphatic rings. The molecule has 0 radical (unpaired) electrons. The van der Waals surface area contributed by atoms with Crippen molar-refractivity contribution >= 4 is 11.6 Å². The van der Waals surface area contributed by atoms with Crippen LogP contribution in [0.4, 0.5) is 0 Å². The number of halogens is 1. The van der Waals surface area contributed by atoms with Crippen LogP contribution in [0.5, 0.6) is 5.75 Å². The molecule has 74 valence electrons. The average molecular weight is 210 g/mol. The van der Waals surface area contributed by atoms with E-state index < -0.39 is 0 Å². The molecular weight excluding hydrogens is 198 g/mol. The van der Waals surface area contributed by atoms with Crippen LogP contribution in [0.25, 0.3) is 0 Å². The summed E-state index contributed by atoms with van der Waals surface area (Å²) < 4.78 is 5.99. The Balaban J connectivity index is 1.94. The molecule has 1 aromatic rings. The molecule has 0 aliphatic carbocycles. The molecule has 0 unspecified atom stereocenters. The van der Waals surface area contributed by atoms with Gasteiger partial charge in [0.2, 0.25) is 0 Å². The summed E-state index contributed by atoms with van der Waals surface area (Å²) in [5.41, 5.74) is 1.33. The lowest BCUT2D eigenvalue weighted by atomic mass is 9.86. The Kier molecular flexibility index (Phi) is 1.76. The number of hydrogen-bond donors (Lipinski definition) is 1. The lowest BCUT2D eigenvalue weighted by molar-refractivity contribution is -0.00231. The van der Waals surface area contributed by atoms with Gasteiger partial charge >= 0.3 is 0 Å². The number of benzene rings is 1. The Morgan fingerprint density at radius 2 is 2.21 bits per heavy atom. The van der Waals surface area contributed by atoms with Gasteiger partial charge in [0, 0.05) is 18.1 Å². The van der Waals surface area contributed by atoms with Crippen molar-refractivity contribution in [1.29, 1.82) is 0 Å². The van der Waals surface area contributed by atoms with Gasteiger partial charge in [-0.25, -0.2) is 0 Å². The van der Waals surface area contributed by atoms with E-state index in [-0.39, 0.29) is 5.60 Å². The second kappa shape index (κ2) is 2.88. The molecule has 1 saturated heterocycles. The number of rotatable bonds is 0. The van der Waals surface area contributed by atoms with E-state index >= 15 is 0 Å². The molecule has 0 bridgehead atoms. The minimum atomic E-state index is 0.0842. The first-order chi connectivity index (χ1) is 6.77. The van der Waals surface area contributed by atoms with Crippen LogP contribution in [0.2, 0.25) is 5.02 Å². The normalized spacial score (nSPS) is 22.4. The van der Waals surface area contributed by atoms with Gasteiger partial charge in [0.05, 0.1) is 0 Å². The van der Waals surface area contributed by atoms with Gasteiger partial charge in [-0.2, -0.15) is 0 Å². The third-order valence-electron chi connectivity index (χ3n) is 3.09. The van der Waals surface area contributed by atoms with Crippen molar-refractivity contribution in [3.63, 3.8) is 0 Å². The molecule has 0 amide bonds. The fourth-order valence-electron chi connectivity index (χ4n) is 2.14. The summed E-state index contributed by atoms with van der Waals surface area (Å²) >= 11 is 5.93. The molecule has 3 heteroatoms. The van der Waals surface area contributed by atoms with E-state index in [1.54, 1.807) is 0 Å². The van der Waals surface area contributed by atoms with Crippen LogP contribution in [-0.2, 0) is 6.42 Å². The summed E-state index contributed by atoms with van der Waals surface area (Å²) in [5.74, 6) is 1.02. The standard InChI is InChI=1S/C11H12ClNO/c12-9-1-2-10-8(5-9)3-4-11(14-10)6-13-7-11/h1-2,5,13H,3-4,6-7H2.